The van der Waals surface area contributed by atoms with E-state index in [9.17, 15) is 14.4 Å². The fraction of sp³-hybridized carbons (Fsp3) is 0.211. The van der Waals surface area contributed by atoms with Gasteiger partial charge >= 0.3 is 5.97 Å². The zero-order valence-electron chi connectivity index (χ0n) is 13.8. The van der Waals surface area contributed by atoms with E-state index in [1.54, 1.807) is 37.3 Å². The lowest BCUT2D eigenvalue weighted by Gasteiger charge is -2.10. The summed E-state index contributed by atoms with van der Waals surface area (Å²) in [5.41, 5.74) is 1.99. The summed E-state index contributed by atoms with van der Waals surface area (Å²) in [6.07, 6.45) is 1.53. The zero-order valence-corrected chi connectivity index (χ0v) is 13.8. The number of carboxylic acid groups (broad SMARTS) is 1. The maximum absolute atomic E-state index is 12.0. The van der Waals surface area contributed by atoms with E-state index in [1.165, 1.54) is 12.1 Å². The zero-order chi connectivity index (χ0) is 18.2. The molecule has 6 nitrogen and oxygen atoms in total. The third-order valence-corrected chi connectivity index (χ3v) is 3.59. The smallest absolute Gasteiger partial charge is 0.335 e. The van der Waals surface area contributed by atoms with Crippen LogP contribution in [-0.2, 0) is 4.79 Å². The summed E-state index contributed by atoms with van der Waals surface area (Å²) >= 11 is 0. The normalized spacial score (nSPS) is 10.1. The van der Waals surface area contributed by atoms with Crippen molar-refractivity contribution in [1.82, 2.24) is 0 Å². The van der Waals surface area contributed by atoms with Gasteiger partial charge in [-0.05, 0) is 55.3 Å². The Morgan fingerprint density at radius 3 is 2.52 bits per heavy atom. The van der Waals surface area contributed by atoms with Crippen LogP contribution in [-0.4, -0.2) is 29.9 Å². The molecule has 0 aliphatic carbocycles. The van der Waals surface area contributed by atoms with E-state index >= 15 is 0 Å². The van der Waals surface area contributed by atoms with E-state index in [2.05, 4.69) is 5.32 Å². The number of amides is 1. The van der Waals surface area contributed by atoms with E-state index in [-0.39, 0.29) is 17.9 Å². The van der Waals surface area contributed by atoms with Crippen LogP contribution in [0, 0.1) is 6.92 Å². The van der Waals surface area contributed by atoms with E-state index in [0.717, 1.165) is 11.8 Å². The van der Waals surface area contributed by atoms with Crippen molar-refractivity contribution in [2.75, 3.05) is 11.9 Å². The van der Waals surface area contributed by atoms with Crippen molar-refractivity contribution in [3.8, 4) is 5.75 Å². The average Bonchev–Trinajstić information content (AvgIpc) is 2.61. The summed E-state index contributed by atoms with van der Waals surface area (Å²) in [6.45, 7) is 2.16. The number of carboxylic acids is 1. The Labute approximate surface area is 145 Å². The van der Waals surface area contributed by atoms with Crippen LogP contribution < -0.4 is 10.1 Å². The van der Waals surface area contributed by atoms with Gasteiger partial charge < -0.3 is 15.2 Å². The number of carbonyl (C=O) groups excluding carboxylic acids is 2. The van der Waals surface area contributed by atoms with Gasteiger partial charge in [0.05, 0.1) is 12.2 Å². The van der Waals surface area contributed by atoms with Crippen molar-refractivity contribution in [1.29, 1.82) is 0 Å². The van der Waals surface area contributed by atoms with Crippen LogP contribution in [0.4, 0.5) is 5.69 Å². The molecule has 2 rings (SSSR count). The first-order valence-corrected chi connectivity index (χ1v) is 7.81. The summed E-state index contributed by atoms with van der Waals surface area (Å²) in [4.78, 5) is 33.5. The van der Waals surface area contributed by atoms with Crippen LogP contribution in [0.1, 0.15) is 39.1 Å². The highest BCUT2D eigenvalue weighted by Crippen LogP contribution is 2.17. The SMILES string of the molecule is Cc1ccc(C(=O)O)cc1NC(=O)CCCOc1ccc(C=O)cc1. The van der Waals surface area contributed by atoms with Crippen LogP contribution in [0.25, 0.3) is 0 Å². The van der Waals surface area contributed by atoms with Gasteiger partial charge in [-0.1, -0.05) is 6.07 Å². The molecule has 0 aliphatic rings. The minimum atomic E-state index is -1.04. The van der Waals surface area contributed by atoms with Gasteiger partial charge in [-0.15, -0.1) is 0 Å². The topological polar surface area (TPSA) is 92.7 Å². The molecule has 0 aliphatic heterocycles. The number of aldehydes is 1. The second-order valence-electron chi connectivity index (χ2n) is 5.52. The molecular formula is C19H19NO5. The molecule has 0 aromatic heterocycles. The molecule has 0 saturated carbocycles. The molecule has 25 heavy (non-hydrogen) atoms. The third-order valence-electron chi connectivity index (χ3n) is 3.59. The minimum absolute atomic E-state index is 0.128. The monoisotopic (exact) mass is 341 g/mol. The van der Waals surface area contributed by atoms with Crippen molar-refractivity contribution in [2.45, 2.75) is 19.8 Å². The van der Waals surface area contributed by atoms with Crippen LogP contribution in [0.3, 0.4) is 0 Å². The van der Waals surface area contributed by atoms with Crippen LogP contribution in [0.2, 0.25) is 0 Å². The lowest BCUT2D eigenvalue weighted by Crippen LogP contribution is -2.14. The molecule has 0 unspecified atom stereocenters. The second-order valence-corrected chi connectivity index (χ2v) is 5.52. The van der Waals surface area contributed by atoms with Crippen LogP contribution in [0.15, 0.2) is 42.5 Å². The number of anilines is 1. The van der Waals surface area contributed by atoms with Gasteiger partial charge in [-0.3, -0.25) is 9.59 Å². The van der Waals surface area contributed by atoms with Crippen molar-refractivity contribution in [3.63, 3.8) is 0 Å². The molecule has 0 fully saturated rings. The summed E-state index contributed by atoms with van der Waals surface area (Å²) in [5, 5.41) is 11.7. The molecular weight excluding hydrogens is 322 g/mol. The number of rotatable bonds is 8. The molecule has 130 valence electrons. The first kappa shape index (κ1) is 18.2. The summed E-state index contributed by atoms with van der Waals surface area (Å²) in [6, 6.07) is 11.3. The minimum Gasteiger partial charge on any atom is -0.494 e. The fourth-order valence-corrected chi connectivity index (χ4v) is 2.17. The number of carbonyl (C=O) groups is 3. The largest absolute Gasteiger partial charge is 0.494 e. The highest BCUT2D eigenvalue weighted by atomic mass is 16.5. The first-order valence-electron chi connectivity index (χ1n) is 7.81. The molecule has 0 saturated heterocycles. The molecule has 1 amide bonds. The standard InChI is InChI=1S/C19H19NO5/c1-13-4-7-15(19(23)24)11-17(13)20-18(22)3-2-10-25-16-8-5-14(12-21)6-9-16/h4-9,11-12H,2-3,10H2,1H3,(H,20,22)(H,23,24). The fourth-order valence-electron chi connectivity index (χ4n) is 2.17. The summed E-state index contributed by atoms with van der Waals surface area (Å²) < 4.78 is 5.51. The predicted octanol–water partition coefficient (Wildman–Crippen LogP) is 3.30. The van der Waals surface area contributed by atoms with E-state index in [0.29, 0.717) is 30.0 Å². The van der Waals surface area contributed by atoms with E-state index in [4.69, 9.17) is 9.84 Å². The van der Waals surface area contributed by atoms with Gasteiger partial charge in [0.25, 0.3) is 0 Å². The molecule has 2 aromatic rings. The van der Waals surface area contributed by atoms with Crippen LogP contribution >= 0.6 is 0 Å². The van der Waals surface area contributed by atoms with Gasteiger partial charge in [-0.25, -0.2) is 4.79 Å². The van der Waals surface area contributed by atoms with Gasteiger partial charge in [0.1, 0.15) is 12.0 Å². The second kappa shape index (κ2) is 8.63. The maximum atomic E-state index is 12.0. The van der Waals surface area contributed by atoms with Crippen LogP contribution in [0.5, 0.6) is 5.75 Å². The Morgan fingerprint density at radius 2 is 1.88 bits per heavy atom. The highest BCUT2D eigenvalue weighted by Gasteiger charge is 2.09. The first-order chi connectivity index (χ1) is 12.0. The number of ether oxygens (including phenoxy) is 1. The van der Waals surface area contributed by atoms with E-state index < -0.39 is 5.97 Å². The van der Waals surface area contributed by atoms with Gasteiger partial charge in [0, 0.05) is 17.7 Å². The maximum Gasteiger partial charge on any atom is 0.335 e. The molecule has 6 heteroatoms. The quantitative estimate of drug-likeness (QED) is 0.568. The number of hydrogen-bond donors (Lipinski definition) is 2. The molecule has 2 aromatic carbocycles. The number of nitrogens with one attached hydrogen (secondary N) is 1. The Morgan fingerprint density at radius 1 is 1.16 bits per heavy atom. The Bertz CT molecular complexity index is 768. The lowest BCUT2D eigenvalue weighted by molar-refractivity contribution is -0.116. The van der Waals surface area contributed by atoms with E-state index in [1.807, 2.05) is 0 Å². The number of hydrogen-bond acceptors (Lipinski definition) is 4. The summed E-state index contributed by atoms with van der Waals surface area (Å²) in [5.74, 6) is -0.606. The van der Waals surface area contributed by atoms with Crippen molar-refractivity contribution < 1.29 is 24.2 Å². The number of aromatic carboxylic acids is 1. The number of aryl methyl sites for hydroxylation is 1. The molecule has 0 heterocycles. The molecule has 0 atom stereocenters. The summed E-state index contributed by atoms with van der Waals surface area (Å²) in [7, 11) is 0. The highest BCUT2D eigenvalue weighted by molar-refractivity contribution is 5.94. The average molecular weight is 341 g/mol. The van der Waals surface area contributed by atoms with Crippen molar-refractivity contribution in [3.05, 3.63) is 59.2 Å². The Kier molecular flexibility index (Phi) is 6.28. The van der Waals surface area contributed by atoms with Crippen molar-refractivity contribution in [2.24, 2.45) is 0 Å². The van der Waals surface area contributed by atoms with Gasteiger partial charge in [0.2, 0.25) is 5.91 Å². The molecule has 2 N–H and O–H groups in total. The van der Waals surface area contributed by atoms with Crippen molar-refractivity contribution >= 4 is 23.9 Å². The van der Waals surface area contributed by atoms with Gasteiger partial charge in [0.15, 0.2) is 0 Å². The molecule has 0 radical (unpaired) electrons. The number of benzene rings is 2. The Hall–Kier alpha value is -3.15. The van der Waals surface area contributed by atoms with Gasteiger partial charge in [-0.2, -0.15) is 0 Å². The molecule has 0 bridgehead atoms. The molecule has 0 spiro atoms. The third kappa shape index (κ3) is 5.46. The predicted molar refractivity (Wildman–Crippen MR) is 93.3 cm³/mol. The Balaban J connectivity index is 1.79. The lowest BCUT2D eigenvalue weighted by atomic mass is 10.1.